The molecule has 4 heteroatoms. The number of nitrogens with one attached hydrogen (secondary N) is 1. The van der Waals surface area contributed by atoms with Gasteiger partial charge in [0.05, 0.1) is 0 Å². The molecular weight excluding hydrogens is 260 g/mol. The zero-order chi connectivity index (χ0) is 15.3. The van der Waals surface area contributed by atoms with Gasteiger partial charge in [0, 0.05) is 25.2 Å². The van der Waals surface area contributed by atoms with E-state index in [-0.39, 0.29) is 0 Å². The van der Waals surface area contributed by atoms with E-state index in [4.69, 9.17) is 0 Å². The minimum atomic E-state index is 0.379. The van der Waals surface area contributed by atoms with Crippen LogP contribution in [-0.2, 0) is 6.42 Å². The number of anilines is 2. The van der Waals surface area contributed by atoms with Crippen LogP contribution in [0.25, 0.3) is 0 Å². The molecule has 4 nitrogen and oxygen atoms in total. The van der Waals surface area contributed by atoms with Crippen molar-refractivity contribution in [3.05, 3.63) is 11.9 Å². The first-order valence-corrected chi connectivity index (χ1v) is 8.40. The maximum Gasteiger partial charge on any atom is 0.137 e. The molecular formula is C17H30N4. The minimum Gasteiger partial charge on any atom is -0.370 e. The van der Waals surface area contributed by atoms with Crippen molar-refractivity contribution in [2.45, 2.75) is 59.8 Å². The molecule has 1 N–H and O–H groups in total. The highest BCUT2D eigenvalue weighted by Crippen LogP contribution is 2.33. The van der Waals surface area contributed by atoms with Gasteiger partial charge in [-0.05, 0) is 31.1 Å². The fourth-order valence-electron chi connectivity index (χ4n) is 3.16. The predicted molar refractivity (Wildman–Crippen MR) is 90.0 cm³/mol. The lowest BCUT2D eigenvalue weighted by Crippen LogP contribution is -2.41. The number of hydrogen-bond donors (Lipinski definition) is 1. The lowest BCUT2D eigenvalue weighted by atomic mass is 9.84. The Morgan fingerprint density at radius 3 is 2.71 bits per heavy atom. The summed E-state index contributed by atoms with van der Waals surface area (Å²) in [4.78, 5) is 11.6. The number of aromatic nitrogens is 2. The summed E-state index contributed by atoms with van der Waals surface area (Å²) >= 11 is 0. The summed E-state index contributed by atoms with van der Waals surface area (Å²) in [5, 5.41) is 3.47. The Labute approximate surface area is 129 Å². The molecule has 0 aliphatic carbocycles. The molecule has 21 heavy (non-hydrogen) atoms. The average Bonchev–Trinajstić information content (AvgIpc) is 2.45. The van der Waals surface area contributed by atoms with E-state index in [1.807, 2.05) is 0 Å². The van der Waals surface area contributed by atoms with Crippen LogP contribution in [0.4, 0.5) is 11.6 Å². The van der Waals surface area contributed by atoms with Crippen LogP contribution in [0.5, 0.6) is 0 Å². The van der Waals surface area contributed by atoms with Crippen LogP contribution >= 0.6 is 0 Å². The van der Waals surface area contributed by atoms with Crippen LogP contribution < -0.4 is 10.2 Å². The standard InChI is InChI=1S/C17H30N4/c1-5-8-14-15(18-10-6-2)19-13-20-16(14)21-11-7-9-17(3,4)12-21/h13H,5-12H2,1-4H3,(H,18,19,20). The Morgan fingerprint density at radius 2 is 2.05 bits per heavy atom. The van der Waals surface area contributed by atoms with E-state index in [0.717, 1.165) is 50.5 Å². The predicted octanol–water partition coefficient (Wildman–Crippen LogP) is 3.88. The summed E-state index contributed by atoms with van der Waals surface area (Å²) < 4.78 is 0. The third-order valence-electron chi connectivity index (χ3n) is 4.17. The molecule has 2 heterocycles. The summed E-state index contributed by atoms with van der Waals surface area (Å²) in [6.45, 7) is 12.3. The number of hydrogen-bond acceptors (Lipinski definition) is 4. The molecule has 1 aliphatic rings. The molecule has 0 bridgehead atoms. The Morgan fingerprint density at radius 1 is 1.24 bits per heavy atom. The highest BCUT2D eigenvalue weighted by atomic mass is 15.2. The molecule has 2 rings (SSSR count). The van der Waals surface area contributed by atoms with E-state index < -0.39 is 0 Å². The van der Waals surface area contributed by atoms with Gasteiger partial charge in [-0.2, -0.15) is 0 Å². The minimum absolute atomic E-state index is 0.379. The van der Waals surface area contributed by atoms with E-state index in [1.165, 1.54) is 18.4 Å². The lowest BCUT2D eigenvalue weighted by molar-refractivity contribution is 0.291. The Hall–Kier alpha value is -1.32. The molecule has 0 radical (unpaired) electrons. The second-order valence-electron chi connectivity index (χ2n) is 6.89. The van der Waals surface area contributed by atoms with Crippen molar-refractivity contribution in [3.8, 4) is 0 Å². The van der Waals surface area contributed by atoms with Gasteiger partial charge in [-0.1, -0.05) is 34.1 Å². The zero-order valence-corrected chi connectivity index (χ0v) is 14.1. The molecule has 1 fully saturated rings. The first-order chi connectivity index (χ1) is 10.1. The van der Waals surface area contributed by atoms with E-state index in [9.17, 15) is 0 Å². The highest BCUT2D eigenvalue weighted by molar-refractivity contribution is 5.59. The highest BCUT2D eigenvalue weighted by Gasteiger charge is 2.28. The van der Waals surface area contributed by atoms with Gasteiger partial charge in [0.2, 0.25) is 0 Å². The quantitative estimate of drug-likeness (QED) is 0.863. The molecule has 118 valence electrons. The van der Waals surface area contributed by atoms with Crippen molar-refractivity contribution in [3.63, 3.8) is 0 Å². The third kappa shape index (κ3) is 4.08. The van der Waals surface area contributed by atoms with Gasteiger partial charge >= 0.3 is 0 Å². The van der Waals surface area contributed by atoms with E-state index in [0.29, 0.717) is 5.41 Å². The molecule has 1 aromatic rings. The lowest BCUT2D eigenvalue weighted by Gasteiger charge is -2.39. The molecule has 0 saturated carbocycles. The number of nitrogens with zero attached hydrogens (tertiary/aromatic N) is 3. The smallest absolute Gasteiger partial charge is 0.137 e. The van der Waals surface area contributed by atoms with Gasteiger partial charge in [0.15, 0.2) is 0 Å². The topological polar surface area (TPSA) is 41.1 Å². The van der Waals surface area contributed by atoms with Crippen molar-refractivity contribution < 1.29 is 0 Å². The SMILES string of the molecule is CCCNc1ncnc(N2CCCC(C)(C)C2)c1CCC. The molecule has 1 aromatic heterocycles. The van der Waals surface area contributed by atoms with Crippen LogP contribution in [0.2, 0.25) is 0 Å². The Balaban J connectivity index is 2.28. The van der Waals surface area contributed by atoms with Gasteiger partial charge in [-0.25, -0.2) is 9.97 Å². The monoisotopic (exact) mass is 290 g/mol. The number of piperidine rings is 1. The average molecular weight is 290 g/mol. The first kappa shape index (κ1) is 16.1. The first-order valence-electron chi connectivity index (χ1n) is 8.40. The van der Waals surface area contributed by atoms with Crippen LogP contribution in [0.1, 0.15) is 58.9 Å². The maximum absolute atomic E-state index is 4.63. The Kier molecular flexibility index (Phi) is 5.43. The van der Waals surface area contributed by atoms with Crippen LogP contribution in [0.3, 0.4) is 0 Å². The van der Waals surface area contributed by atoms with Crippen molar-refractivity contribution >= 4 is 11.6 Å². The van der Waals surface area contributed by atoms with Crippen LogP contribution in [-0.4, -0.2) is 29.6 Å². The van der Waals surface area contributed by atoms with Gasteiger partial charge in [0.1, 0.15) is 18.0 Å². The summed E-state index contributed by atoms with van der Waals surface area (Å²) in [5.41, 5.74) is 1.68. The summed E-state index contributed by atoms with van der Waals surface area (Å²) in [5.74, 6) is 2.19. The van der Waals surface area contributed by atoms with Crippen molar-refractivity contribution in [2.75, 3.05) is 29.9 Å². The Bertz CT molecular complexity index is 456. The van der Waals surface area contributed by atoms with E-state index in [1.54, 1.807) is 6.33 Å². The fourth-order valence-corrected chi connectivity index (χ4v) is 3.16. The largest absolute Gasteiger partial charge is 0.370 e. The zero-order valence-electron chi connectivity index (χ0n) is 14.1. The third-order valence-corrected chi connectivity index (χ3v) is 4.17. The van der Waals surface area contributed by atoms with Gasteiger partial charge < -0.3 is 10.2 Å². The van der Waals surface area contributed by atoms with Crippen molar-refractivity contribution in [2.24, 2.45) is 5.41 Å². The van der Waals surface area contributed by atoms with Gasteiger partial charge in [0.25, 0.3) is 0 Å². The molecule has 1 aliphatic heterocycles. The molecule has 0 aromatic carbocycles. The second kappa shape index (κ2) is 7.10. The normalized spacial score (nSPS) is 17.8. The van der Waals surface area contributed by atoms with Crippen LogP contribution in [0, 0.1) is 5.41 Å². The second-order valence-corrected chi connectivity index (χ2v) is 6.89. The molecule has 1 saturated heterocycles. The van der Waals surface area contributed by atoms with Crippen molar-refractivity contribution in [1.82, 2.24) is 9.97 Å². The van der Waals surface area contributed by atoms with Gasteiger partial charge in [-0.15, -0.1) is 0 Å². The number of rotatable bonds is 6. The van der Waals surface area contributed by atoms with E-state index >= 15 is 0 Å². The fraction of sp³-hybridized carbons (Fsp3) is 0.765. The molecule has 0 unspecified atom stereocenters. The summed E-state index contributed by atoms with van der Waals surface area (Å²) in [7, 11) is 0. The van der Waals surface area contributed by atoms with E-state index in [2.05, 4.69) is 47.9 Å². The van der Waals surface area contributed by atoms with Crippen molar-refractivity contribution in [1.29, 1.82) is 0 Å². The molecule has 0 spiro atoms. The van der Waals surface area contributed by atoms with Crippen LogP contribution in [0.15, 0.2) is 6.33 Å². The molecule has 0 atom stereocenters. The maximum atomic E-state index is 4.63. The van der Waals surface area contributed by atoms with Gasteiger partial charge in [-0.3, -0.25) is 0 Å². The molecule has 0 amide bonds. The summed E-state index contributed by atoms with van der Waals surface area (Å²) in [6, 6.07) is 0. The summed E-state index contributed by atoms with van der Waals surface area (Å²) in [6.07, 6.45) is 7.55.